The lowest BCUT2D eigenvalue weighted by Crippen LogP contribution is -2.12. The van der Waals surface area contributed by atoms with Crippen molar-refractivity contribution in [1.82, 2.24) is 15.2 Å². The first kappa shape index (κ1) is 18.7. The quantitative estimate of drug-likeness (QED) is 0.493. The Balaban J connectivity index is 1.57. The summed E-state index contributed by atoms with van der Waals surface area (Å²) in [4.78, 5) is 17.8. The van der Waals surface area contributed by atoms with Crippen LogP contribution in [0.15, 0.2) is 60.0 Å². The fourth-order valence-electron chi connectivity index (χ4n) is 2.92. The summed E-state index contributed by atoms with van der Waals surface area (Å²) >= 11 is 1.37. The van der Waals surface area contributed by atoms with Gasteiger partial charge in [0.2, 0.25) is 5.95 Å². The van der Waals surface area contributed by atoms with E-state index in [2.05, 4.69) is 20.5 Å². The van der Waals surface area contributed by atoms with Gasteiger partial charge in [-0.15, -0.1) is 16.4 Å². The molecule has 2 aromatic carbocycles. The van der Waals surface area contributed by atoms with Crippen molar-refractivity contribution in [3.8, 4) is 34.0 Å². The SMILES string of the molecule is COc1ccc(-c2nc(NC(=O)c3sccc3-c3ccccc3)n[nH]2)c(OC)c1. The number of nitrogens with one attached hydrogen (secondary N) is 2. The molecule has 2 N–H and O–H groups in total. The topological polar surface area (TPSA) is 89.1 Å². The van der Waals surface area contributed by atoms with Crippen molar-refractivity contribution in [2.45, 2.75) is 0 Å². The van der Waals surface area contributed by atoms with Gasteiger partial charge < -0.3 is 9.47 Å². The van der Waals surface area contributed by atoms with Crippen LogP contribution in [0.2, 0.25) is 0 Å². The highest BCUT2D eigenvalue weighted by molar-refractivity contribution is 7.12. The number of H-pyrrole nitrogens is 1. The van der Waals surface area contributed by atoms with Crippen molar-refractivity contribution in [2.75, 3.05) is 19.5 Å². The Bertz CT molecular complexity index is 1140. The molecule has 0 bridgehead atoms. The van der Waals surface area contributed by atoms with Gasteiger partial charge in [-0.05, 0) is 29.1 Å². The lowest BCUT2D eigenvalue weighted by molar-refractivity contribution is 0.103. The molecule has 0 aliphatic heterocycles. The Morgan fingerprint density at radius 1 is 1.03 bits per heavy atom. The van der Waals surface area contributed by atoms with Gasteiger partial charge in [0.05, 0.1) is 19.8 Å². The number of rotatable bonds is 6. The van der Waals surface area contributed by atoms with E-state index in [1.165, 1.54) is 11.3 Å². The monoisotopic (exact) mass is 406 g/mol. The Hall–Kier alpha value is -3.65. The van der Waals surface area contributed by atoms with Crippen molar-refractivity contribution in [3.05, 3.63) is 64.9 Å². The molecule has 0 fully saturated rings. The van der Waals surface area contributed by atoms with Crippen molar-refractivity contribution in [2.24, 2.45) is 0 Å². The van der Waals surface area contributed by atoms with E-state index in [4.69, 9.17) is 9.47 Å². The number of aromatic amines is 1. The van der Waals surface area contributed by atoms with E-state index in [1.54, 1.807) is 26.4 Å². The number of hydrogen-bond donors (Lipinski definition) is 2. The molecule has 0 saturated heterocycles. The molecule has 4 rings (SSSR count). The van der Waals surface area contributed by atoms with Crippen LogP contribution in [0.3, 0.4) is 0 Å². The maximum atomic E-state index is 12.8. The summed E-state index contributed by atoms with van der Waals surface area (Å²) in [5.41, 5.74) is 2.57. The molecule has 0 atom stereocenters. The summed E-state index contributed by atoms with van der Waals surface area (Å²) in [5, 5.41) is 11.6. The van der Waals surface area contributed by atoms with Gasteiger partial charge in [-0.3, -0.25) is 15.2 Å². The zero-order chi connectivity index (χ0) is 20.2. The largest absolute Gasteiger partial charge is 0.497 e. The summed E-state index contributed by atoms with van der Waals surface area (Å²) in [6.45, 7) is 0. The van der Waals surface area contributed by atoms with E-state index in [-0.39, 0.29) is 11.9 Å². The van der Waals surface area contributed by atoms with Crippen molar-refractivity contribution >= 4 is 23.2 Å². The van der Waals surface area contributed by atoms with Gasteiger partial charge in [0.25, 0.3) is 5.91 Å². The number of amides is 1. The smallest absolute Gasteiger partial charge is 0.268 e. The summed E-state index contributed by atoms with van der Waals surface area (Å²) in [5.74, 6) is 1.67. The molecule has 146 valence electrons. The molecule has 4 aromatic rings. The van der Waals surface area contributed by atoms with Gasteiger partial charge in [-0.25, -0.2) is 0 Å². The second-order valence-electron chi connectivity index (χ2n) is 6.06. The molecule has 0 aliphatic carbocycles. The van der Waals surface area contributed by atoms with Crippen LogP contribution in [0.5, 0.6) is 11.5 Å². The third kappa shape index (κ3) is 3.83. The van der Waals surface area contributed by atoms with Crippen molar-refractivity contribution in [1.29, 1.82) is 0 Å². The molecule has 2 aromatic heterocycles. The first-order valence-electron chi connectivity index (χ1n) is 8.78. The normalized spacial score (nSPS) is 10.6. The molecule has 0 unspecified atom stereocenters. The summed E-state index contributed by atoms with van der Waals surface area (Å²) in [6.07, 6.45) is 0. The average Bonchev–Trinajstić information content (AvgIpc) is 3.43. The highest BCUT2D eigenvalue weighted by Crippen LogP contribution is 2.32. The van der Waals surface area contributed by atoms with E-state index >= 15 is 0 Å². The lowest BCUT2D eigenvalue weighted by atomic mass is 10.1. The maximum absolute atomic E-state index is 12.8. The van der Waals surface area contributed by atoms with Crippen LogP contribution in [-0.2, 0) is 0 Å². The molecule has 1 amide bonds. The van der Waals surface area contributed by atoms with Gasteiger partial charge in [-0.2, -0.15) is 4.98 Å². The Labute approximate surface area is 171 Å². The first-order valence-corrected chi connectivity index (χ1v) is 9.66. The molecule has 2 heterocycles. The molecule has 29 heavy (non-hydrogen) atoms. The van der Waals surface area contributed by atoms with Crippen LogP contribution in [0.4, 0.5) is 5.95 Å². The zero-order valence-corrected chi connectivity index (χ0v) is 16.6. The molecule has 0 saturated carbocycles. The van der Waals surface area contributed by atoms with Crippen LogP contribution in [-0.4, -0.2) is 35.3 Å². The Kier molecular flexibility index (Phi) is 5.26. The number of aromatic nitrogens is 3. The minimum absolute atomic E-state index is 0.190. The van der Waals surface area contributed by atoms with E-state index in [0.29, 0.717) is 27.8 Å². The maximum Gasteiger partial charge on any atom is 0.268 e. The predicted octanol–water partition coefficient (Wildman–Crippen LogP) is 4.47. The standard InChI is InChI=1S/C21H18N4O3S/c1-27-14-8-9-16(17(12-14)28-2)19-22-21(25-24-19)23-20(26)18-15(10-11-29-18)13-6-4-3-5-7-13/h3-12H,1-2H3,(H2,22,23,24,25,26). The summed E-state index contributed by atoms with van der Waals surface area (Å²) < 4.78 is 10.6. The van der Waals surface area contributed by atoms with Gasteiger partial charge >= 0.3 is 0 Å². The fourth-order valence-corrected chi connectivity index (χ4v) is 3.73. The number of anilines is 1. The molecular weight excluding hydrogens is 388 g/mol. The third-order valence-corrected chi connectivity index (χ3v) is 5.24. The van der Waals surface area contributed by atoms with Crippen LogP contribution < -0.4 is 14.8 Å². The fraction of sp³-hybridized carbons (Fsp3) is 0.0952. The predicted molar refractivity (Wildman–Crippen MR) is 113 cm³/mol. The Morgan fingerprint density at radius 3 is 2.62 bits per heavy atom. The van der Waals surface area contributed by atoms with Crippen LogP contribution in [0, 0.1) is 0 Å². The second-order valence-corrected chi connectivity index (χ2v) is 6.97. The van der Waals surface area contributed by atoms with Gasteiger partial charge in [-0.1, -0.05) is 30.3 Å². The van der Waals surface area contributed by atoms with Crippen LogP contribution in [0.25, 0.3) is 22.5 Å². The van der Waals surface area contributed by atoms with Gasteiger partial charge in [0.1, 0.15) is 16.4 Å². The number of hydrogen-bond acceptors (Lipinski definition) is 6. The molecule has 7 nitrogen and oxygen atoms in total. The zero-order valence-electron chi connectivity index (χ0n) is 15.8. The number of benzene rings is 2. The highest BCUT2D eigenvalue weighted by atomic mass is 32.1. The molecular formula is C21H18N4O3S. The second kappa shape index (κ2) is 8.15. The van der Waals surface area contributed by atoms with Crippen LogP contribution in [0.1, 0.15) is 9.67 Å². The van der Waals surface area contributed by atoms with E-state index in [0.717, 1.165) is 11.1 Å². The minimum Gasteiger partial charge on any atom is -0.497 e. The molecule has 0 aliphatic rings. The number of thiophene rings is 1. The number of ether oxygens (including phenoxy) is 2. The van der Waals surface area contributed by atoms with Gasteiger partial charge in [0.15, 0.2) is 5.82 Å². The average molecular weight is 406 g/mol. The number of carbonyl (C=O) groups is 1. The van der Waals surface area contributed by atoms with Crippen molar-refractivity contribution < 1.29 is 14.3 Å². The Morgan fingerprint density at radius 2 is 1.86 bits per heavy atom. The lowest BCUT2D eigenvalue weighted by Gasteiger charge is -2.07. The van der Waals surface area contributed by atoms with E-state index in [1.807, 2.05) is 47.8 Å². The molecule has 8 heteroatoms. The third-order valence-electron chi connectivity index (χ3n) is 4.33. The molecule has 0 radical (unpaired) electrons. The van der Waals surface area contributed by atoms with Crippen LogP contribution >= 0.6 is 11.3 Å². The van der Waals surface area contributed by atoms with Gasteiger partial charge in [0, 0.05) is 11.6 Å². The summed E-state index contributed by atoms with van der Waals surface area (Å²) in [7, 11) is 3.16. The number of carbonyl (C=O) groups excluding carboxylic acids is 1. The van der Waals surface area contributed by atoms with E-state index < -0.39 is 0 Å². The van der Waals surface area contributed by atoms with E-state index in [9.17, 15) is 4.79 Å². The summed E-state index contributed by atoms with van der Waals surface area (Å²) in [6, 6.07) is 17.1. The first-order chi connectivity index (χ1) is 14.2. The molecule has 0 spiro atoms. The number of methoxy groups -OCH3 is 2. The highest BCUT2D eigenvalue weighted by Gasteiger charge is 2.18. The number of nitrogens with zero attached hydrogens (tertiary/aromatic N) is 2. The minimum atomic E-state index is -0.258. The van der Waals surface area contributed by atoms with Crippen molar-refractivity contribution in [3.63, 3.8) is 0 Å².